The van der Waals surface area contributed by atoms with E-state index in [0.717, 1.165) is 11.6 Å². The minimum atomic E-state index is -1.05. The van der Waals surface area contributed by atoms with Gasteiger partial charge in [-0.1, -0.05) is 47.6 Å². The summed E-state index contributed by atoms with van der Waals surface area (Å²) in [4.78, 5) is 31.6. The summed E-state index contributed by atoms with van der Waals surface area (Å²) in [6, 6.07) is 11.7. The van der Waals surface area contributed by atoms with E-state index in [9.17, 15) is 23.5 Å². The van der Waals surface area contributed by atoms with Gasteiger partial charge in [0.1, 0.15) is 6.61 Å². The Balaban J connectivity index is 1.53. The Bertz CT molecular complexity index is 1090. The number of ether oxygens (including phenoxy) is 1. The van der Waals surface area contributed by atoms with Gasteiger partial charge in [-0.25, -0.2) is 18.4 Å². The number of carbonyl (C=O) groups is 2. The summed E-state index contributed by atoms with van der Waals surface area (Å²) in [6.07, 6.45) is -1.51. The molecule has 37 heavy (non-hydrogen) atoms. The summed E-state index contributed by atoms with van der Waals surface area (Å²) < 4.78 is 32.6. The van der Waals surface area contributed by atoms with E-state index in [1.165, 1.54) is 24.1 Å². The first-order valence-corrected chi connectivity index (χ1v) is 11.7. The molecule has 0 spiro atoms. The van der Waals surface area contributed by atoms with Gasteiger partial charge in [-0.2, -0.15) is 0 Å². The number of nitrogens with one attached hydrogen (secondary N) is 2. The van der Waals surface area contributed by atoms with E-state index in [2.05, 4.69) is 15.8 Å². The van der Waals surface area contributed by atoms with Crippen LogP contribution in [0.2, 0.25) is 0 Å². The van der Waals surface area contributed by atoms with E-state index >= 15 is 0 Å². The molecule has 1 heterocycles. The van der Waals surface area contributed by atoms with Crippen molar-refractivity contribution in [3.05, 3.63) is 71.3 Å². The molecule has 3 rings (SSSR count). The molecule has 1 unspecified atom stereocenters. The van der Waals surface area contributed by atoms with Crippen LogP contribution >= 0.6 is 0 Å². The molecule has 10 nitrogen and oxygen atoms in total. The largest absolute Gasteiger partial charge is 0.447 e. The second-order valence-electron chi connectivity index (χ2n) is 8.52. The van der Waals surface area contributed by atoms with Crippen LogP contribution in [-0.4, -0.2) is 65.5 Å². The first-order chi connectivity index (χ1) is 17.8. The van der Waals surface area contributed by atoms with Crippen LogP contribution in [0.3, 0.4) is 0 Å². The first kappa shape index (κ1) is 27.8. The topological polar surface area (TPSA) is 133 Å². The Hall–Kier alpha value is -3.77. The summed E-state index contributed by atoms with van der Waals surface area (Å²) in [6.45, 7) is -0.966. The fourth-order valence-corrected chi connectivity index (χ4v) is 3.63. The quantitative estimate of drug-likeness (QED) is 0.381. The van der Waals surface area contributed by atoms with Gasteiger partial charge in [0.25, 0.3) is 0 Å². The molecule has 0 radical (unpaired) electrons. The number of halogens is 2. The van der Waals surface area contributed by atoms with Crippen molar-refractivity contribution in [3.8, 4) is 0 Å². The van der Waals surface area contributed by atoms with Crippen molar-refractivity contribution in [2.45, 2.75) is 44.1 Å². The molecule has 3 atom stereocenters. The SMILES string of the molecule is CN(C(=O)NCc1cccc(F)c1F)[C@@H](CC[C@@H](O)CO)COC(=O)NC1=NOC(c2ccccc2)C1. The van der Waals surface area contributed by atoms with Gasteiger partial charge in [-0.15, -0.1) is 0 Å². The number of likely N-dealkylation sites (N-methyl/N-ethyl adjacent to an activating group) is 1. The van der Waals surface area contributed by atoms with Crippen molar-refractivity contribution >= 4 is 18.0 Å². The van der Waals surface area contributed by atoms with E-state index in [1.54, 1.807) is 0 Å². The Kier molecular flexibility index (Phi) is 10.2. The van der Waals surface area contributed by atoms with Crippen LogP contribution in [0, 0.1) is 11.6 Å². The lowest BCUT2D eigenvalue weighted by molar-refractivity contribution is 0.0682. The normalized spacial score (nSPS) is 16.2. The number of benzene rings is 2. The van der Waals surface area contributed by atoms with Crippen molar-refractivity contribution in [2.24, 2.45) is 5.16 Å². The third-order valence-corrected chi connectivity index (χ3v) is 5.87. The predicted octanol–water partition coefficient (Wildman–Crippen LogP) is 2.81. The number of urea groups is 1. The minimum absolute atomic E-state index is 0.0296. The number of oxime groups is 1. The monoisotopic (exact) mass is 520 g/mol. The van der Waals surface area contributed by atoms with Crippen LogP contribution in [0.4, 0.5) is 18.4 Å². The van der Waals surface area contributed by atoms with Crippen molar-refractivity contribution in [3.63, 3.8) is 0 Å². The molecule has 2 aromatic rings. The second kappa shape index (κ2) is 13.5. The summed E-state index contributed by atoms with van der Waals surface area (Å²) in [5.41, 5.74) is 0.877. The predicted molar refractivity (Wildman–Crippen MR) is 129 cm³/mol. The Morgan fingerprint density at radius 1 is 1.19 bits per heavy atom. The molecule has 0 aromatic heterocycles. The van der Waals surface area contributed by atoms with E-state index in [1.807, 2.05) is 30.3 Å². The fourth-order valence-electron chi connectivity index (χ4n) is 3.63. The minimum Gasteiger partial charge on any atom is -0.447 e. The molecule has 2 aromatic carbocycles. The number of rotatable bonds is 10. The van der Waals surface area contributed by atoms with Crippen molar-refractivity contribution in [1.29, 1.82) is 0 Å². The van der Waals surface area contributed by atoms with Crippen LogP contribution in [-0.2, 0) is 16.1 Å². The Labute approximate surface area is 212 Å². The van der Waals surface area contributed by atoms with Gasteiger partial charge in [-0.05, 0) is 24.5 Å². The van der Waals surface area contributed by atoms with Crippen LogP contribution in [0.25, 0.3) is 0 Å². The third kappa shape index (κ3) is 8.12. The number of nitrogens with zero attached hydrogens (tertiary/aromatic N) is 2. The van der Waals surface area contributed by atoms with Gasteiger partial charge in [0.2, 0.25) is 0 Å². The third-order valence-electron chi connectivity index (χ3n) is 5.87. The molecule has 12 heteroatoms. The maximum absolute atomic E-state index is 13.9. The maximum Gasteiger partial charge on any atom is 0.412 e. The number of amidine groups is 1. The number of amides is 3. The highest BCUT2D eigenvalue weighted by Crippen LogP contribution is 2.26. The summed E-state index contributed by atoms with van der Waals surface area (Å²) in [7, 11) is 1.44. The number of hydrogen-bond donors (Lipinski definition) is 4. The zero-order chi connectivity index (χ0) is 26.8. The number of carbonyl (C=O) groups excluding carboxylic acids is 2. The number of alkyl carbamates (subject to hydrolysis) is 1. The van der Waals surface area contributed by atoms with Crippen molar-refractivity contribution in [1.82, 2.24) is 15.5 Å². The molecule has 1 aliphatic rings. The van der Waals surface area contributed by atoms with Gasteiger partial charge in [0.15, 0.2) is 23.6 Å². The molecule has 0 saturated carbocycles. The van der Waals surface area contributed by atoms with Gasteiger partial charge >= 0.3 is 12.1 Å². The summed E-state index contributed by atoms with van der Waals surface area (Å²) in [5.74, 6) is -1.79. The van der Waals surface area contributed by atoms with Crippen molar-refractivity contribution in [2.75, 3.05) is 20.3 Å². The van der Waals surface area contributed by atoms with Gasteiger partial charge < -0.3 is 30.0 Å². The zero-order valence-electron chi connectivity index (χ0n) is 20.3. The van der Waals surface area contributed by atoms with Crippen LogP contribution < -0.4 is 10.6 Å². The van der Waals surface area contributed by atoms with E-state index < -0.39 is 42.5 Å². The number of aliphatic hydroxyl groups is 2. The molecule has 0 fully saturated rings. The van der Waals surface area contributed by atoms with Crippen molar-refractivity contribution < 1.29 is 38.2 Å². The molecule has 0 saturated heterocycles. The van der Waals surface area contributed by atoms with Gasteiger partial charge in [0.05, 0.1) is 25.2 Å². The molecular formula is C25H30F2N4O6. The molecule has 0 aliphatic carbocycles. The lowest BCUT2D eigenvalue weighted by atomic mass is 10.1. The van der Waals surface area contributed by atoms with Gasteiger partial charge in [0, 0.05) is 19.2 Å². The molecule has 1 aliphatic heterocycles. The highest BCUT2D eigenvalue weighted by atomic mass is 19.2. The molecule has 4 N–H and O–H groups in total. The molecule has 3 amide bonds. The maximum atomic E-state index is 13.9. The fraction of sp³-hybridized carbons (Fsp3) is 0.400. The average Bonchev–Trinajstić information content (AvgIpc) is 3.37. The zero-order valence-corrected chi connectivity index (χ0v) is 20.3. The Morgan fingerprint density at radius 3 is 2.68 bits per heavy atom. The second-order valence-corrected chi connectivity index (χ2v) is 8.52. The molecule has 0 bridgehead atoms. The molecule has 200 valence electrons. The standard InChI is InChI=1S/C25H30F2N4O6/c1-31(24(34)28-13-17-8-5-9-20(26)23(17)27)18(10-11-19(33)14-32)15-36-25(35)29-22-12-21(37-30-22)16-6-3-2-4-7-16/h2-9,18-19,21,32-33H,10-15H2,1H3,(H,28,34)(H,29,30,35)/t18-,19+,21?/m0/s1. The van der Waals surface area contributed by atoms with Crippen LogP contribution in [0.5, 0.6) is 0 Å². The lowest BCUT2D eigenvalue weighted by Gasteiger charge is -2.28. The van der Waals surface area contributed by atoms with Gasteiger partial charge in [-0.3, -0.25) is 5.32 Å². The van der Waals surface area contributed by atoms with E-state index in [-0.39, 0.29) is 43.5 Å². The summed E-state index contributed by atoms with van der Waals surface area (Å²) >= 11 is 0. The average molecular weight is 521 g/mol. The Morgan fingerprint density at radius 2 is 1.95 bits per heavy atom. The van der Waals surface area contributed by atoms with E-state index in [4.69, 9.17) is 14.7 Å². The number of aliphatic hydroxyl groups excluding tert-OH is 2. The van der Waals surface area contributed by atoms with Crippen LogP contribution in [0.1, 0.15) is 36.5 Å². The van der Waals surface area contributed by atoms with Crippen LogP contribution in [0.15, 0.2) is 53.7 Å². The highest BCUT2D eigenvalue weighted by Gasteiger charge is 2.26. The smallest absolute Gasteiger partial charge is 0.412 e. The lowest BCUT2D eigenvalue weighted by Crippen LogP contribution is -2.46. The molecular weight excluding hydrogens is 490 g/mol. The number of hydrogen-bond acceptors (Lipinski definition) is 7. The highest BCUT2D eigenvalue weighted by molar-refractivity contribution is 5.95. The first-order valence-electron chi connectivity index (χ1n) is 11.7. The summed E-state index contributed by atoms with van der Waals surface area (Å²) in [5, 5.41) is 27.7. The van der Waals surface area contributed by atoms with E-state index in [0.29, 0.717) is 6.42 Å².